The number of rotatable bonds is 6. The first kappa shape index (κ1) is 13.9. The van der Waals surface area contributed by atoms with E-state index in [2.05, 4.69) is 5.32 Å². The quantitative estimate of drug-likeness (QED) is 0.848. The van der Waals surface area contributed by atoms with Gasteiger partial charge >= 0.3 is 0 Å². The molecule has 4 nitrogen and oxygen atoms in total. The minimum atomic E-state index is -0.412. The van der Waals surface area contributed by atoms with Gasteiger partial charge in [-0.15, -0.1) is 0 Å². The molecule has 0 atom stereocenters. The van der Waals surface area contributed by atoms with Crippen LogP contribution in [0.15, 0.2) is 48.5 Å². The summed E-state index contributed by atoms with van der Waals surface area (Å²) in [5.41, 5.74) is 7.76. The summed E-state index contributed by atoms with van der Waals surface area (Å²) in [4.78, 5) is 11.1. The van der Waals surface area contributed by atoms with E-state index in [1.807, 2.05) is 43.3 Å². The minimum absolute atomic E-state index is 0.412. The first-order valence-electron chi connectivity index (χ1n) is 6.54. The second-order valence-electron chi connectivity index (χ2n) is 4.38. The van der Waals surface area contributed by atoms with Crippen LogP contribution in [0.4, 0.5) is 5.69 Å². The zero-order chi connectivity index (χ0) is 14.4. The molecule has 0 fully saturated rings. The molecule has 0 radical (unpaired) electrons. The van der Waals surface area contributed by atoms with E-state index < -0.39 is 5.91 Å². The molecular weight excluding hydrogens is 252 g/mol. The number of amides is 1. The van der Waals surface area contributed by atoms with E-state index in [1.54, 1.807) is 12.1 Å². The Morgan fingerprint density at radius 3 is 2.75 bits per heavy atom. The van der Waals surface area contributed by atoms with Gasteiger partial charge in [-0.1, -0.05) is 18.2 Å². The van der Waals surface area contributed by atoms with Crippen LogP contribution in [0, 0.1) is 0 Å². The highest BCUT2D eigenvalue weighted by atomic mass is 16.5. The summed E-state index contributed by atoms with van der Waals surface area (Å²) in [6, 6.07) is 15.1. The molecule has 0 saturated heterocycles. The molecule has 0 unspecified atom stereocenters. The number of anilines is 1. The summed E-state index contributed by atoms with van der Waals surface area (Å²) in [5, 5.41) is 3.29. The van der Waals surface area contributed by atoms with E-state index in [9.17, 15) is 4.79 Å². The predicted molar refractivity (Wildman–Crippen MR) is 79.9 cm³/mol. The number of hydrogen-bond acceptors (Lipinski definition) is 3. The highest BCUT2D eigenvalue weighted by Crippen LogP contribution is 2.18. The van der Waals surface area contributed by atoms with Crippen molar-refractivity contribution >= 4 is 11.6 Å². The Balaban J connectivity index is 2.03. The van der Waals surface area contributed by atoms with Gasteiger partial charge in [0.05, 0.1) is 6.61 Å². The maximum Gasteiger partial charge on any atom is 0.248 e. The Labute approximate surface area is 118 Å². The fourth-order valence-corrected chi connectivity index (χ4v) is 1.90. The summed E-state index contributed by atoms with van der Waals surface area (Å²) < 4.78 is 5.45. The lowest BCUT2D eigenvalue weighted by molar-refractivity contribution is 0.1000. The molecule has 4 heteroatoms. The second-order valence-corrected chi connectivity index (χ2v) is 4.38. The van der Waals surface area contributed by atoms with Gasteiger partial charge in [-0.25, -0.2) is 0 Å². The lowest BCUT2D eigenvalue weighted by Gasteiger charge is -2.09. The van der Waals surface area contributed by atoms with Crippen molar-refractivity contribution in [1.82, 2.24) is 0 Å². The van der Waals surface area contributed by atoms with Gasteiger partial charge in [-0.05, 0) is 36.8 Å². The molecular formula is C16H18N2O2. The fourth-order valence-electron chi connectivity index (χ4n) is 1.90. The average Bonchev–Trinajstić information content (AvgIpc) is 2.46. The van der Waals surface area contributed by atoms with Crippen LogP contribution in [0.5, 0.6) is 5.75 Å². The Hall–Kier alpha value is -2.49. The monoisotopic (exact) mass is 270 g/mol. The Bertz CT molecular complexity index is 597. The number of carbonyl (C=O) groups excluding carboxylic acids is 1. The maximum absolute atomic E-state index is 11.1. The molecule has 2 aromatic carbocycles. The lowest BCUT2D eigenvalue weighted by Crippen LogP contribution is -2.11. The number of nitrogens with two attached hydrogens (primary N) is 1. The number of primary amides is 1. The van der Waals surface area contributed by atoms with Gasteiger partial charge in [-0.2, -0.15) is 0 Å². The Morgan fingerprint density at radius 2 is 2.00 bits per heavy atom. The van der Waals surface area contributed by atoms with Crippen LogP contribution in [0.3, 0.4) is 0 Å². The molecule has 2 aromatic rings. The third-order valence-electron chi connectivity index (χ3n) is 2.85. The molecule has 0 spiro atoms. The van der Waals surface area contributed by atoms with Crippen molar-refractivity contribution in [2.75, 3.05) is 11.9 Å². The van der Waals surface area contributed by atoms with Crippen LogP contribution in [-0.2, 0) is 6.54 Å². The van der Waals surface area contributed by atoms with Crippen LogP contribution in [0.2, 0.25) is 0 Å². The Morgan fingerprint density at radius 1 is 1.20 bits per heavy atom. The molecule has 0 saturated carbocycles. The maximum atomic E-state index is 11.1. The SMILES string of the molecule is CCOc1cccc(NCc2cccc(C(N)=O)c2)c1. The predicted octanol–water partition coefficient (Wildman–Crippen LogP) is 2.80. The van der Waals surface area contributed by atoms with Gasteiger partial charge < -0.3 is 15.8 Å². The van der Waals surface area contributed by atoms with Crippen molar-refractivity contribution in [3.8, 4) is 5.75 Å². The number of carbonyl (C=O) groups is 1. The standard InChI is InChI=1S/C16H18N2O2/c1-2-20-15-8-4-7-14(10-15)18-11-12-5-3-6-13(9-12)16(17)19/h3-10,18H,2,11H2,1H3,(H2,17,19). The zero-order valence-corrected chi connectivity index (χ0v) is 11.4. The van der Waals surface area contributed by atoms with E-state index in [0.29, 0.717) is 18.7 Å². The van der Waals surface area contributed by atoms with Crippen molar-refractivity contribution in [1.29, 1.82) is 0 Å². The highest BCUT2D eigenvalue weighted by Gasteiger charge is 2.01. The van der Waals surface area contributed by atoms with Crippen molar-refractivity contribution in [3.63, 3.8) is 0 Å². The molecule has 0 heterocycles. The van der Waals surface area contributed by atoms with Gasteiger partial charge in [-0.3, -0.25) is 4.79 Å². The second kappa shape index (κ2) is 6.61. The zero-order valence-electron chi connectivity index (χ0n) is 11.4. The first-order valence-corrected chi connectivity index (χ1v) is 6.54. The van der Waals surface area contributed by atoms with Gasteiger partial charge in [0.1, 0.15) is 5.75 Å². The van der Waals surface area contributed by atoms with E-state index in [0.717, 1.165) is 17.0 Å². The van der Waals surface area contributed by atoms with E-state index in [1.165, 1.54) is 0 Å². The summed E-state index contributed by atoms with van der Waals surface area (Å²) in [7, 11) is 0. The normalized spacial score (nSPS) is 10.1. The molecule has 0 aromatic heterocycles. The Kier molecular flexibility index (Phi) is 4.60. The summed E-state index contributed by atoms with van der Waals surface area (Å²) >= 11 is 0. The van der Waals surface area contributed by atoms with Gasteiger partial charge in [0.25, 0.3) is 0 Å². The van der Waals surface area contributed by atoms with E-state index in [-0.39, 0.29) is 0 Å². The molecule has 20 heavy (non-hydrogen) atoms. The van der Waals surface area contributed by atoms with Gasteiger partial charge in [0.15, 0.2) is 0 Å². The van der Waals surface area contributed by atoms with Crippen molar-refractivity contribution in [3.05, 3.63) is 59.7 Å². The van der Waals surface area contributed by atoms with Crippen LogP contribution in [0.1, 0.15) is 22.8 Å². The van der Waals surface area contributed by atoms with Gasteiger partial charge in [0.2, 0.25) is 5.91 Å². The van der Waals surface area contributed by atoms with Crippen molar-refractivity contribution < 1.29 is 9.53 Å². The first-order chi connectivity index (χ1) is 9.69. The number of nitrogens with one attached hydrogen (secondary N) is 1. The van der Waals surface area contributed by atoms with Gasteiger partial charge in [0, 0.05) is 23.9 Å². The average molecular weight is 270 g/mol. The van der Waals surface area contributed by atoms with E-state index in [4.69, 9.17) is 10.5 Å². The largest absolute Gasteiger partial charge is 0.494 e. The molecule has 3 N–H and O–H groups in total. The van der Waals surface area contributed by atoms with Crippen LogP contribution in [0.25, 0.3) is 0 Å². The molecule has 0 aliphatic carbocycles. The van der Waals surface area contributed by atoms with Crippen LogP contribution >= 0.6 is 0 Å². The third kappa shape index (κ3) is 3.75. The smallest absolute Gasteiger partial charge is 0.248 e. The van der Waals surface area contributed by atoms with Crippen LogP contribution in [-0.4, -0.2) is 12.5 Å². The molecule has 2 rings (SSSR count). The third-order valence-corrected chi connectivity index (χ3v) is 2.85. The summed E-state index contributed by atoms with van der Waals surface area (Å²) in [6.45, 7) is 3.22. The molecule has 0 bridgehead atoms. The number of hydrogen-bond donors (Lipinski definition) is 2. The molecule has 104 valence electrons. The van der Waals surface area contributed by atoms with E-state index >= 15 is 0 Å². The summed E-state index contributed by atoms with van der Waals surface area (Å²) in [5.74, 6) is 0.425. The fraction of sp³-hybridized carbons (Fsp3) is 0.188. The molecule has 0 aliphatic heterocycles. The van der Waals surface area contributed by atoms with Crippen molar-refractivity contribution in [2.24, 2.45) is 5.73 Å². The lowest BCUT2D eigenvalue weighted by atomic mass is 10.1. The van der Waals surface area contributed by atoms with Crippen molar-refractivity contribution in [2.45, 2.75) is 13.5 Å². The highest BCUT2D eigenvalue weighted by molar-refractivity contribution is 5.92. The topological polar surface area (TPSA) is 64.3 Å². The number of benzene rings is 2. The number of ether oxygens (including phenoxy) is 1. The molecule has 0 aliphatic rings. The molecule has 1 amide bonds. The minimum Gasteiger partial charge on any atom is -0.494 e. The summed E-state index contributed by atoms with van der Waals surface area (Å²) in [6.07, 6.45) is 0. The van der Waals surface area contributed by atoms with Crippen LogP contribution < -0.4 is 15.8 Å².